The van der Waals surface area contributed by atoms with Crippen LogP contribution in [0.1, 0.15) is 26.3 Å². The third kappa shape index (κ3) is 2.87. The Bertz CT molecular complexity index is 1540. The molecule has 0 amide bonds. The van der Waals surface area contributed by atoms with Crippen LogP contribution < -0.4 is 14.9 Å². The Labute approximate surface area is 184 Å². The van der Waals surface area contributed by atoms with Gasteiger partial charge in [0.15, 0.2) is 11.4 Å². The van der Waals surface area contributed by atoms with Crippen LogP contribution in [-0.2, 0) is 16.6 Å². The average Bonchev–Trinajstić information content (AvgIpc) is 2.75. The molecule has 0 saturated carbocycles. The quantitative estimate of drug-likeness (QED) is 0.334. The normalized spacial score (nSPS) is 14.7. The fourth-order valence-corrected chi connectivity index (χ4v) is 4.47. The SMILES string of the molecule is COc1cc2c(c3c1c(=O)c1cc4ccccc4cc1n3C)C=C(OC(C)=O)C(C)(C)O2. The molecule has 6 nitrogen and oxygen atoms in total. The number of benzene rings is 3. The van der Waals surface area contributed by atoms with Gasteiger partial charge in [-0.05, 0) is 42.8 Å². The summed E-state index contributed by atoms with van der Waals surface area (Å²) in [4.78, 5) is 25.4. The molecule has 0 fully saturated rings. The number of methoxy groups -OCH3 is 1. The zero-order valence-corrected chi connectivity index (χ0v) is 18.6. The first kappa shape index (κ1) is 20.1. The number of hydrogen-bond donors (Lipinski definition) is 0. The Kier molecular flexibility index (Phi) is 4.31. The van der Waals surface area contributed by atoms with Crippen LogP contribution in [0.3, 0.4) is 0 Å². The zero-order valence-electron chi connectivity index (χ0n) is 18.6. The molecule has 0 aliphatic carbocycles. The van der Waals surface area contributed by atoms with E-state index in [0.717, 1.165) is 16.3 Å². The first-order valence-corrected chi connectivity index (χ1v) is 10.4. The number of carbonyl (C=O) groups is 1. The van der Waals surface area contributed by atoms with Crippen molar-refractivity contribution >= 4 is 44.6 Å². The summed E-state index contributed by atoms with van der Waals surface area (Å²) in [6.45, 7) is 5.01. The minimum absolute atomic E-state index is 0.120. The predicted molar refractivity (Wildman–Crippen MR) is 125 cm³/mol. The van der Waals surface area contributed by atoms with E-state index in [0.29, 0.717) is 39.1 Å². The van der Waals surface area contributed by atoms with Gasteiger partial charge >= 0.3 is 5.97 Å². The molecule has 2 heterocycles. The topological polar surface area (TPSA) is 66.8 Å². The number of aromatic nitrogens is 1. The highest BCUT2D eigenvalue weighted by atomic mass is 16.6. The number of esters is 1. The molecule has 0 saturated heterocycles. The number of pyridine rings is 1. The van der Waals surface area contributed by atoms with Crippen molar-refractivity contribution < 1.29 is 19.0 Å². The highest BCUT2D eigenvalue weighted by molar-refractivity contribution is 6.06. The van der Waals surface area contributed by atoms with E-state index in [9.17, 15) is 9.59 Å². The van der Waals surface area contributed by atoms with Crippen LogP contribution in [0.15, 0.2) is 53.0 Å². The standard InChI is InChI=1S/C26H23NO5/c1-14(28)31-22-12-18-20(32-26(22,2)3)13-21(30-5)23-24(18)27(4)19-11-16-9-7-6-8-15(16)10-17(19)25(23)29/h6-13H,1-5H3. The molecule has 162 valence electrons. The Balaban J connectivity index is 1.97. The van der Waals surface area contributed by atoms with Crippen LogP contribution in [0, 0.1) is 0 Å². The van der Waals surface area contributed by atoms with E-state index < -0.39 is 11.6 Å². The first-order valence-electron chi connectivity index (χ1n) is 10.4. The van der Waals surface area contributed by atoms with Crippen molar-refractivity contribution in [2.45, 2.75) is 26.4 Å². The summed E-state index contributed by atoms with van der Waals surface area (Å²) in [6, 6.07) is 13.6. The summed E-state index contributed by atoms with van der Waals surface area (Å²) in [5, 5.41) is 3.10. The molecule has 4 aromatic rings. The Morgan fingerprint density at radius 2 is 1.78 bits per heavy atom. The Morgan fingerprint density at radius 3 is 2.44 bits per heavy atom. The molecule has 1 aliphatic heterocycles. The number of nitrogens with zero attached hydrogens (tertiary/aromatic N) is 1. The molecule has 0 radical (unpaired) electrons. The molecule has 1 aromatic heterocycles. The van der Waals surface area contributed by atoms with E-state index in [1.54, 1.807) is 19.3 Å². The molecule has 0 bridgehead atoms. The van der Waals surface area contributed by atoms with E-state index in [4.69, 9.17) is 14.2 Å². The van der Waals surface area contributed by atoms with Crippen molar-refractivity contribution in [3.05, 3.63) is 64.0 Å². The largest absolute Gasteiger partial charge is 0.496 e. The van der Waals surface area contributed by atoms with Gasteiger partial charge in [0.2, 0.25) is 5.43 Å². The first-order chi connectivity index (χ1) is 15.2. The molecular formula is C26H23NO5. The zero-order chi connectivity index (χ0) is 22.8. The molecule has 1 aliphatic rings. The van der Waals surface area contributed by atoms with Crippen molar-refractivity contribution in [2.75, 3.05) is 7.11 Å². The van der Waals surface area contributed by atoms with E-state index in [1.165, 1.54) is 6.92 Å². The van der Waals surface area contributed by atoms with Crippen molar-refractivity contribution in [3.63, 3.8) is 0 Å². The van der Waals surface area contributed by atoms with Gasteiger partial charge in [-0.15, -0.1) is 0 Å². The summed E-state index contributed by atoms with van der Waals surface area (Å²) in [6.07, 6.45) is 1.79. The molecule has 6 heteroatoms. The molecule has 3 aromatic carbocycles. The minimum Gasteiger partial charge on any atom is -0.496 e. The number of fused-ring (bicyclic) bond motifs is 5. The van der Waals surface area contributed by atoms with Crippen LogP contribution in [-0.4, -0.2) is 23.2 Å². The van der Waals surface area contributed by atoms with Crippen molar-refractivity contribution in [1.29, 1.82) is 0 Å². The number of hydrogen-bond acceptors (Lipinski definition) is 5. The lowest BCUT2D eigenvalue weighted by Crippen LogP contribution is -2.35. The summed E-state index contributed by atoms with van der Waals surface area (Å²) < 4.78 is 19.3. The lowest BCUT2D eigenvalue weighted by atomic mass is 9.96. The van der Waals surface area contributed by atoms with Gasteiger partial charge in [-0.2, -0.15) is 0 Å². The maximum atomic E-state index is 13.7. The molecule has 32 heavy (non-hydrogen) atoms. The Hall–Kier alpha value is -3.80. The van der Waals surface area contributed by atoms with E-state index >= 15 is 0 Å². The van der Waals surface area contributed by atoms with Gasteiger partial charge in [0.25, 0.3) is 0 Å². The third-order valence-electron chi connectivity index (χ3n) is 6.01. The maximum Gasteiger partial charge on any atom is 0.307 e. The number of ether oxygens (including phenoxy) is 3. The van der Waals surface area contributed by atoms with Crippen LogP contribution in [0.2, 0.25) is 0 Å². The maximum absolute atomic E-state index is 13.7. The lowest BCUT2D eigenvalue weighted by molar-refractivity contribution is -0.139. The summed E-state index contributed by atoms with van der Waals surface area (Å²) >= 11 is 0. The highest BCUT2D eigenvalue weighted by Crippen LogP contribution is 2.43. The highest BCUT2D eigenvalue weighted by Gasteiger charge is 2.35. The average molecular weight is 429 g/mol. The molecular weight excluding hydrogens is 406 g/mol. The minimum atomic E-state index is -0.858. The van der Waals surface area contributed by atoms with Crippen LogP contribution in [0.5, 0.6) is 11.5 Å². The summed E-state index contributed by atoms with van der Waals surface area (Å²) in [5.74, 6) is 0.954. The third-order valence-corrected chi connectivity index (χ3v) is 6.01. The molecule has 0 N–H and O–H groups in total. The molecule has 0 spiro atoms. The van der Waals surface area contributed by atoms with Gasteiger partial charge < -0.3 is 18.8 Å². The van der Waals surface area contributed by atoms with E-state index in [-0.39, 0.29) is 5.43 Å². The number of carbonyl (C=O) groups excluding carboxylic acids is 1. The van der Waals surface area contributed by atoms with Gasteiger partial charge in [-0.25, -0.2) is 0 Å². The van der Waals surface area contributed by atoms with Crippen molar-refractivity contribution in [1.82, 2.24) is 4.57 Å². The monoisotopic (exact) mass is 429 g/mol. The smallest absolute Gasteiger partial charge is 0.307 e. The van der Waals surface area contributed by atoms with E-state index in [2.05, 4.69) is 0 Å². The van der Waals surface area contributed by atoms with Gasteiger partial charge in [0.1, 0.15) is 11.5 Å². The lowest BCUT2D eigenvalue weighted by Gasteiger charge is -2.33. The van der Waals surface area contributed by atoms with E-state index in [1.807, 2.05) is 61.9 Å². The second-order valence-electron chi connectivity index (χ2n) is 8.53. The van der Waals surface area contributed by atoms with Crippen molar-refractivity contribution in [2.24, 2.45) is 7.05 Å². The number of rotatable bonds is 2. The molecule has 0 unspecified atom stereocenters. The van der Waals surface area contributed by atoms with Crippen LogP contribution >= 0.6 is 0 Å². The Morgan fingerprint density at radius 1 is 1.09 bits per heavy atom. The predicted octanol–water partition coefficient (Wildman–Crippen LogP) is 4.93. The van der Waals surface area contributed by atoms with Gasteiger partial charge in [-0.1, -0.05) is 24.3 Å². The van der Waals surface area contributed by atoms with Crippen LogP contribution in [0.25, 0.3) is 38.7 Å². The fourth-order valence-electron chi connectivity index (χ4n) is 4.47. The molecule has 0 atom stereocenters. The second kappa shape index (κ2) is 6.85. The van der Waals surface area contributed by atoms with Gasteiger partial charge in [-0.3, -0.25) is 9.59 Å². The summed E-state index contributed by atoms with van der Waals surface area (Å²) in [5.41, 5.74) is 1.15. The van der Waals surface area contributed by atoms with Crippen LogP contribution in [0.4, 0.5) is 0 Å². The van der Waals surface area contributed by atoms with Gasteiger partial charge in [0.05, 0.1) is 23.5 Å². The fraction of sp³-hybridized carbons (Fsp3) is 0.231. The second-order valence-corrected chi connectivity index (χ2v) is 8.53. The number of aryl methyl sites for hydroxylation is 1. The van der Waals surface area contributed by atoms with Crippen molar-refractivity contribution in [3.8, 4) is 11.5 Å². The van der Waals surface area contributed by atoms with Gasteiger partial charge in [0, 0.05) is 31.0 Å². The summed E-state index contributed by atoms with van der Waals surface area (Å²) in [7, 11) is 3.46. The molecule has 5 rings (SSSR count).